The maximum atomic E-state index is 12.6. The third kappa shape index (κ3) is 2.10. The van der Waals surface area contributed by atoms with Gasteiger partial charge in [-0.1, -0.05) is 6.92 Å². The Morgan fingerprint density at radius 1 is 1.44 bits per heavy atom. The molecule has 0 aliphatic carbocycles. The van der Waals surface area contributed by atoms with Gasteiger partial charge >= 0.3 is 0 Å². The van der Waals surface area contributed by atoms with E-state index >= 15 is 0 Å². The fraction of sp³-hybridized carbons (Fsp3) is 0.923. The molecule has 2 aliphatic rings. The first-order chi connectivity index (χ1) is 7.53. The zero-order chi connectivity index (χ0) is 11.8. The number of nitrogens with zero attached hydrogens (tertiary/aromatic N) is 1. The molecule has 92 valence electrons. The predicted octanol–water partition coefficient (Wildman–Crippen LogP) is 1.63. The average molecular weight is 224 g/mol. The smallest absolute Gasteiger partial charge is 0.230 e. The second-order valence-electron chi connectivity index (χ2n) is 5.99. The molecule has 3 unspecified atom stereocenters. The number of nitrogens with one attached hydrogen (secondary N) is 1. The van der Waals surface area contributed by atoms with Gasteiger partial charge in [-0.25, -0.2) is 0 Å². The fourth-order valence-corrected chi connectivity index (χ4v) is 3.17. The van der Waals surface area contributed by atoms with Gasteiger partial charge in [-0.3, -0.25) is 4.79 Å². The van der Waals surface area contributed by atoms with Crippen molar-refractivity contribution < 1.29 is 4.79 Å². The lowest BCUT2D eigenvalue weighted by atomic mass is 9.81. The largest absolute Gasteiger partial charge is 0.339 e. The van der Waals surface area contributed by atoms with Crippen LogP contribution in [0.3, 0.4) is 0 Å². The Hall–Kier alpha value is -0.570. The highest BCUT2D eigenvalue weighted by Gasteiger charge is 2.41. The Bertz CT molecular complexity index is 271. The average Bonchev–Trinajstić information content (AvgIpc) is 2.58. The molecule has 2 saturated heterocycles. The minimum atomic E-state index is -0.156. The van der Waals surface area contributed by atoms with Crippen LogP contribution >= 0.6 is 0 Å². The van der Waals surface area contributed by atoms with Gasteiger partial charge in [-0.15, -0.1) is 0 Å². The van der Waals surface area contributed by atoms with Crippen molar-refractivity contribution >= 4 is 5.91 Å². The number of amides is 1. The molecule has 0 saturated carbocycles. The number of carbonyl (C=O) groups excluding carboxylic acids is 1. The van der Waals surface area contributed by atoms with Gasteiger partial charge in [0.2, 0.25) is 5.91 Å². The molecule has 1 amide bonds. The quantitative estimate of drug-likeness (QED) is 0.734. The molecule has 0 bridgehead atoms. The minimum Gasteiger partial charge on any atom is -0.339 e. The third-order valence-electron chi connectivity index (χ3n) is 4.16. The van der Waals surface area contributed by atoms with E-state index in [1.807, 2.05) is 0 Å². The molecule has 0 spiro atoms. The van der Waals surface area contributed by atoms with Crippen molar-refractivity contribution in [1.82, 2.24) is 10.2 Å². The molecule has 3 atom stereocenters. The molecular weight excluding hydrogens is 200 g/mol. The van der Waals surface area contributed by atoms with E-state index in [2.05, 4.69) is 31.0 Å². The summed E-state index contributed by atoms with van der Waals surface area (Å²) in [7, 11) is 0. The van der Waals surface area contributed by atoms with Gasteiger partial charge in [0.15, 0.2) is 0 Å². The van der Waals surface area contributed by atoms with Crippen molar-refractivity contribution in [3.05, 3.63) is 0 Å². The maximum absolute atomic E-state index is 12.6. The van der Waals surface area contributed by atoms with Crippen molar-refractivity contribution in [3.8, 4) is 0 Å². The molecule has 0 aromatic rings. The van der Waals surface area contributed by atoms with Crippen LogP contribution in [0.4, 0.5) is 0 Å². The van der Waals surface area contributed by atoms with E-state index in [0.29, 0.717) is 17.9 Å². The van der Waals surface area contributed by atoms with Crippen LogP contribution in [0.5, 0.6) is 0 Å². The van der Waals surface area contributed by atoms with Gasteiger partial charge in [0, 0.05) is 19.1 Å². The molecule has 2 rings (SSSR count). The number of rotatable bonds is 1. The van der Waals surface area contributed by atoms with Crippen LogP contribution in [0.15, 0.2) is 0 Å². The maximum Gasteiger partial charge on any atom is 0.230 e. The first kappa shape index (κ1) is 11.9. The number of hydrogen-bond acceptors (Lipinski definition) is 2. The summed E-state index contributed by atoms with van der Waals surface area (Å²) in [5.41, 5.74) is -0.156. The van der Waals surface area contributed by atoms with Crippen LogP contribution in [-0.4, -0.2) is 36.5 Å². The molecule has 0 aromatic carbocycles. The third-order valence-corrected chi connectivity index (χ3v) is 4.16. The van der Waals surface area contributed by atoms with Gasteiger partial charge in [-0.2, -0.15) is 0 Å². The predicted molar refractivity (Wildman–Crippen MR) is 65.2 cm³/mol. The Labute approximate surface area is 98.6 Å². The van der Waals surface area contributed by atoms with Crippen LogP contribution < -0.4 is 5.32 Å². The standard InChI is InChI=1S/C13H24N2O/c1-10-7-11(2)15(8-10)12(16)13(3)5-4-6-14-9-13/h10-11,14H,4-9H2,1-3H3. The summed E-state index contributed by atoms with van der Waals surface area (Å²) in [4.78, 5) is 14.7. The van der Waals surface area contributed by atoms with Crippen molar-refractivity contribution in [2.75, 3.05) is 19.6 Å². The lowest BCUT2D eigenvalue weighted by Crippen LogP contribution is -2.51. The Morgan fingerprint density at radius 3 is 2.69 bits per heavy atom. The molecule has 1 N–H and O–H groups in total. The highest BCUT2D eigenvalue weighted by molar-refractivity contribution is 5.83. The number of carbonyl (C=O) groups is 1. The van der Waals surface area contributed by atoms with Crippen molar-refractivity contribution in [2.45, 2.75) is 46.1 Å². The number of piperidine rings is 1. The van der Waals surface area contributed by atoms with E-state index in [1.54, 1.807) is 0 Å². The highest BCUT2D eigenvalue weighted by Crippen LogP contribution is 2.32. The van der Waals surface area contributed by atoms with E-state index in [9.17, 15) is 4.79 Å². The molecule has 2 heterocycles. The first-order valence-electron chi connectivity index (χ1n) is 6.55. The van der Waals surface area contributed by atoms with Gasteiger partial charge in [0.1, 0.15) is 0 Å². The summed E-state index contributed by atoms with van der Waals surface area (Å²) in [6, 6.07) is 0.432. The van der Waals surface area contributed by atoms with Crippen molar-refractivity contribution in [2.24, 2.45) is 11.3 Å². The summed E-state index contributed by atoms with van der Waals surface area (Å²) in [5, 5.41) is 3.36. The SMILES string of the molecule is CC1CC(C)N(C(=O)C2(C)CCCNC2)C1. The molecular formula is C13H24N2O. The molecule has 16 heavy (non-hydrogen) atoms. The minimum absolute atomic E-state index is 0.156. The second kappa shape index (κ2) is 4.36. The van der Waals surface area contributed by atoms with E-state index in [0.717, 1.165) is 38.9 Å². The summed E-state index contributed by atoms with van der Waals surface area (Å²) in [6.45, 7) is 9.41. The van der Waals surface area contributed by atoms with Crippen LogP contribution in [0.1, 0.15) is 40.0 Å². The zero-order valence-electron chi connectivity index (χ0n) is 10.8. The van der Waals surface area contributed by atoms with Crippen LogP contribution in [-0.2, 0) is 4.79 Å². The van der Waals surface area contributed by atoms with Crippen LogP contribution in [0, 0.1) is 11.3 Å². The molecule has 2 aliphatic heterocycles. The summed E-state index contributed by atoms with van der Waals surface area (Å²) in [6.07, 6.45) is 3.33. The van der Waals surface area contributed by atoms with Crippen molar-refractivity contribution in [1.29, 1.82) is 0 Å². The molecule has 0 radical (unpaired) electrons. The Kier molecular flexibility index (Phi) is 3.24. The van der Waals surface area contributed by atoms with Gasteiger partial charge in [0.05, 0.1) is 5.41 Å². The fourth-order valence-electron chi connectivity index (χ4n) is 3.17. The monoisotopic (exact) mass is 224 g/mol. The first-order valence-corrected chi connectivity index (χ1v) is 6.55. The Morgan fingerprint density at radius 2 is 2.19 bits per heavy atom. The molecule has 0 aromatic heterocycles. The summed E-state index contributed by atoms with van der Waals surface area (Å²) < 4.78 is 0. The van der Waals surface area contributed by atoms with E-state index in [1.165, 1.54) is 0 Å². The Balaban J connectivity index is 2.06. The second-order valence-corrected chi connectivity index (χ2v) is 5.99. The topological polar surface area (TPSA) is 32.3 Å². The van der Waals surface area contributed by atoms with Crippen LogP contribution in [0.2, 0.25) is 0 Å². The number of likely N-dealkylation sites (tertiary alicyclic amines) is 1. The lowest BCUT2D eigenvalue weighted by molar-refractivity contribution is -0.142. The molecule has 3 heteroatoms. The highest BCUT2D eigenvalue weighted by atomic mass is 16.2. The summed E-state index contributed by atoms with van der Waals surface area (Å²) in [5.74, 6) is 1.04. The normalized spacial score (nSPS) is 40.1. The molecule has 3 nitrogen and oxygen atoms in total. The van der Waals surface area contributed by atoms with Gasteiger partial charge in [-0.05, 0) is 45.6 Å². The van der Waals surface area contributed by atoms with E-state index in [-0.39, 0.29) is 5.41 Å². The molecule has 2 fully saturated rings. The van der Waals surface area contributed by atoms with Crippen molar-refractivity contribution in [3.63, 3.8) is 0 Å². The number of hydrogen-bond donors (Lipinski definition) is 1. The van der Waals surface area contributed by atoms with Crippen LogP contribution in [0.25, 0.3) is 0 Å². The zero-order valence-corrected chi connectivity index (χ0v) is 10.8. The van der Waals surface area contributed by atoms with Gasteiger partial charge < -0.3 is 10.2 Å². The van der Waals surface area contributed by atoms with Gasteiger partial charge in [0.25, 0.3) is 0 Å². The lowest BCUT2D eigenvalue weighted by Gasteiger charge is -2.37. The van der Waals surface area contributed by atoms with E-state index in [4.69, 9.17) is 0 Å². The summed E-state index contributed by atoms with van der Waals surface area (Å²) >= 11 is 0. The van der Waals surface area contributed by atoms with E-state index < -0.39 is 0 Å².